The van der Waals surface area contributed by atoms with Gasteiger partial charge in [0.1, 0.15) is 41.8 Å². The van der Waals surface area contributed by atoms with Gasteiger partial charge in [-0.05, 0) is 75.6 Å². The van der Waals surface area contributed by atoms with E-state index in [1.807, 2.05) is 85.8 Å². The summed E-state index contributed by atoms with van der Waals surface area (Å²) < 4.78 is 56.9. The molecule has 5 rings (SSSR count). The monoisotopic (exact) mass is 831 g/mol. The summed E-state index contributed by atoms with van der Waals surface area (Å²) in [5, 5.41) is 12.3. The Hall–Kier alpha value is -4.83. The fourth-order valence-electron chi connectivity index (χ4n) is 7.41. The van der Waals surface area contributed by atoms with Crippen LogP contribution in [0.5, 0.6) is 11.5 Å². The molecule has 59 heavy (non-hydrogen) atoms. The fourth-order valence-corrected chi connectivity index (χ4v) is 9.07. The standard InChI is InChI=1S/C45H58N3O10P/c1-30(2)48(31(3)4)59(57-25-13-24-46)58-44-41(53-9)28-55-43(44)32(5)47-42(49)26-38-39(52-8)27-54-40(38)29-56-45(33-14-11-10-12-15-33,34-16-20-36(50-6)21-17-34)35-18-22-37(51-7)23-19-35/h10-12,14-23,27,30-32,38,40-41H,13,25-26,28-29H2,1-9H3,(H,47,49)/t32-,38?,40+,41?,59?/m0/s1. The molecule has 1 amide bonds. The Morgan fingerprint density at radius 1 is 0.881 bits per heavy atom. The maximum absolute atomic E-state index is 14.0. The van der Waals surface area contributed by atoms with Crippen LogP contribution in [-0.2, 0) is 43.1 Å². The van der Waals surface area contributed by atoms with Crippen LogP contribution in [0.3, 0.4) is 0 Å². The number of hydrogen-bond donors (Lipinski definition) is 1. The molecule has 2 aliphatic rings. The number of ether oxygens (including phenoxy) is 7. The van der Waals surface area contributed by atoms with Gasteiger partial charge < -0.3 is 47.5 Å². The average Bonchev–Trinajstić information content (AvgIpc) is 3.84. The lowest BCUT2D eigenvalue weighted by Gasteiger charge is -2.37. The first kappa shape index (κ1) is 45.3. The zero-order valence-corrected chi connectivity index (χ0v) is 36.4. The van der Waals surface area contributed by atoms with E-state index in [2.05, 4.69) is 43.8 Å². The number of nitrogens with one attached hydrogen (secondary N) is 1. The highest BCUT2D eigenvalue weighted by atomic mass is 31.2. The van der Waals surface area contributed by atoms with Gasteiger partial charge in [0.15, 0.2) is 17.6 Å². The first-order valence-electron chi connectivity index (χ1n) is 19.8. The van der Waals surface area contributed by atoms with Crippen LogP contribution in [-0.4, -0.2) is 89.2 Å². The Labute approximate surface area is 350 Å². The van der Waals surface area contributed by atoms with Crippen LogP contribution in [0, 0.1) is 17.2 Å². The molecule has 1 N–H and O–H groups in total. The fraction of sp³-hybridized carbons (Fsp3) is 0.467. The Balaban J connectivity index is 1.40. The minimum atomic E-state index is -1.64. The molecule has 0 aromatic heterocycles. The van der Waals surface area contributed by atoms with Gasteiger partial charge in [0.05, 0.1) is 59.0 Å². The van der Waals surface area contributed by atoms with Crippen molar-refractivity contribution in [2.75, 3.05) is 48.3 Å². The second-order valence-corrected chi connectivity index (χ2v) is 16.1. The van der Waals surface area contributed by atoms with Gasteiger partial charge in [-0.25, -0.2) is 4.67 Å². The summed E-state index contributed by atoms with van der Waals surface area (Å²) in [4.78, 5) is 14.0. The predicted octanol–water partition coefficient (Wildman–Crippen LogP) is 7.96. The second kappa shape index (κ2) is 21.4. The summed E-state index contributed by atoms with van der Waals surface area (Å²) in [5.41, 5.74) is 1.56. The highest BCUT2D eigenvalue weighted by molar-refractivity contribution is 7.44. The highest BCUT2D eigenvalue weighted by Gasteiger charge is 2.43. The van der Waals surface area contributed by atoms with Crippen LogP contribution in [0.1, 0.15) is 64.2 Å². The third-order valence-electron chi connectivity index (χ3n) is 10.3. The van der Waals surface area contributed by atoms with E-state index in [0.29, 0.717) is 28.8 Å². The smallest absolute Gasteiger partial charge is 0.321 e. The van der Waals surface area contributed by atoms with Crippen molar-refractivity contribution in [2.24, 2.45) is 5.92 Å². The third-order valence-corrected chi connectivity index (χ3v) is 12.3. The molecule has 0 fully saturated rings. The van der Waals surface area contributed by atoms with Crippen LogP contribution in [0.4, 0.5) is 0 Å². The predicted molar refractivity (Wildman–Crippen MR) is 224 cm³/mol. The van der Waals surface area contributed by atoms with E-state index in [-0.39, 0.29) is 50.7 Å². The Morgan fingerprint density at radius 2 is 1.47 bits per heavy atom. The molecular formula is C45H58N3O10P. The van der Waals surface area contributed by atoms with Crippen LogP contribution < -0.4 is 14.8 Å². The third kappa shape index (κ3) is 10.7. The number of nitriles is 1. The van der Waals surface area contributed by atoms with Crippen LogP contribution in [0.2, 0.25) is 0 Å². The van der Waals surface area contributed by atoms with E-state index in [4.69, 9.17) is 42.2 Å². The largest absolute Gasteiger partial charge is 0.497 e. The number of rotatable bonds is 22. The minimum absolute atomic E-state index is 0.0388. The molecule has 14 heteroatoms. The Morgan fingerprint density at radius 3 is 2.00 bits per heavy atom. The van der Waals surface area contributed by atoms with E-state index in [9.17, 15) is 10.1 Å². The number of carbonyl (C=O) groups excluding carboxylic acids is 1. The molecule has 0 spiro atoms. The zero-order valence-electron chi connectivity index (χ0n) is 35.5. The van der Waals surface area contributed by atoms with Crippen molar-refractivity contribution < 1.29 is 47.0 Å². The first-order chi connectivity index (χ1) is 28.5. The summed E-state index contributed by atoms with van der Waals surface area (Å²) in [6.07, 6.45) is 0.736. The lowest BCUT2D eigenvalue weighted by molar-refractivity contribution is -0.124. The number of benzene rings is 3. The Kier molecular flexibility index (Phi) is 16.4. The molecule has 0 bridgehead atoms. The van der Waals surface area contributed by atoms with E-state index >= 15 is 0 Å². The van der Waals surface area contributed by atoms with E-state index in [0.717, 1.165) is 16.7 Å². The molecule has 3 aromatic carbocycles. The molecule has 0 aliphatic carbocycles. The van der Waals surface area contributed by atoms with Crippen molar-refractivity contribution in [3.8, 4) is 17.6 Å². The van der Waals surface area contributed by atoms with E-state index in [1.165, 1.54) is 0 Å². The van der Waals surface area contributed by atoms with Gasteiger partial charge in [-0.3, -0.25) is 4.79 Å². The molecule has 0 saturated carbocycles. The molecule has 0 saturated heterocycles. The van der Waals surface area contributed by atoms with E-state index < -0.39 is 38.3 Å². The number of methoxy groups -OCH3 is 4. The summed E-state index contributed by atoms with van der Waals surface area (Å²) in [6.45, 7) is 10.6. The highest BCUT2D eigenvalue weighted by Crippen LogP contribution is 2.50. The van der Waals surface area contributed by atoms with Crippen LogP contribution in [0.15, 0.2) is 102 Å². The van der Waals surface area contributed by atoms with E-state index in [1.54, 1.807) is 34.7 Å². The summed E-state index contributed by atoms with van der Waals surface area (Å²) >= 11 is 0. The molecule has 13 nitrogen and oxygen atoms in total. The molecule has 5 atom stereocenters. The maximum Gasteiger partial charge on any atom is 0.321 e. The van der Waals surface area contributed by atoms with Crippen molar-refractivity contribution in [1.82, 2.24) is 9.99 Å². The average molecular weight is 832 g/mol. The van der Waals surface area contributed by atoms with Crippen LogP contribution >= 0.6 is 8.53 Å². The van der Waals surface area contributed by atoms with Crippen molar-refractivity contribution in [1.29, 1.82) is 5.26 Å². The quantitative estimate of drug-likeness (QED) is 0.0597. The van der Waals surface area contributed by atoms with Crippen molar-refractivity contribution >= 4 is 14.4 Å². The lowest BCUT2D eigenvalue weighted by Crippen LogP contribution is -2.40. The first-order valence-corrected chi connectivity index (χ1v) is 21.0. The topological polar surface area (TPSA) is 139 Å². The molecule has 2 heterocycles. The minimum Gasteiger partial charge on any atom is -0.497 e. The summed E-state index contributed by atoms with van der Waals surface area (Å²) in [5.74, 6) is 2.14. The van der Waals surface area contributed by atoms with Crippen LogP contribution in [0.25, 0.3) is 0 Å². The Bertz CT molecular complexity index is 1840. The normalized spacial score (nSPS) is 18.8. The summed E-state index contributed by atoms with van der Waals surface area (Å²) in [7, 11) is 4.78. The second-order valence-electron chi connectivity index (χ2n) is 14.7. The molecule has 3 aromatic rings. The van der Waals surface area contributed by atoms with Crippen molar-refractivity contribution in [2.45, 2.75) is 83.4 Å². The van der Waals surface area contributed by atoms with Gasteiger partial charge in [0, 0.05) is 25.6 Å². The van der Waals surface area contributed by atoms with Gasteiger partial charge in [0.2, 0.25) is 5.91 Å². The van der Waals surface area contributed by atoms with Gasteiger partial charge in [0.25, 0.3) is 0 Å². The SMILES string of the molecule is COC1=CO[C@H](COC(c2ccccc2)(c2ccc(OC)cc2)c2ccc(OC)cc2)C1CC(=O)N[C@@H](C)C1=C(OP(OCCC#N)N(C(C)C)C(C)C)C(OC)CO1. The molecule has 2 aliphatic heterocycles. The van der Waals surface area contributed by atoms with Gasteiger partial charge in [-0.2, -0.15) is 5.26 Å². The number of carbonyl (C=O) groups is 1. The molecule has 3 unspecified atom stereocenters. The molecule has 0 radical (unpaired) electrons. The summed E-state index contributed by atoms with van der Waals surface area (Å²) in [6, 6.07) is 27.3. The zero-order chi connectivity index (χ0) is 42.5. The molecule has 318 valence electrons. The van der Waals surface area contributed by atoms with Gasteiger partial charge in [-0.15, -0.1) is 0 Å². The lowest BCUT2D eigenvalue weighted by atomic mass is 9.80. The number of amides is 1. The maximum atomic E-state index is 14.0. The van der Waals surface area contributed by atoms with Gasteiger partial charge in [-0.1, -0.05) is 54.6 Å². The molecular weight excluding hydrogens is 773 g/mol. The number of nitrogens with zero attached hydrogens (tertiary/aromatic N) is 2. The number of hydrogen-bond acceptors (Lipinski definition) is 12. The van der Waals surface area contributed by atoms with Gasteiger partial charge >= 0.3 is 8.53 Å². The van der Waals surface area contributed by atoms with Crippen molar-refractivity contribution in [3.63, 3.8) is 0 Å². The van der Waals surface area contributed by atoms with Crippen molar-refractivity contribution in [3.05, 3.63) is 119 Å².